The number of amides is 1. The van der Waals surface area contributed by atoms with Crippen molar-refractivity contribution in [2.24, 2.45) is 11.7 Å². The fraction of sp³-hybridized carbons (Fsp3) is 0.429. The first kappa shape index (κ1) is 15.1. The number of ether oxygens (including phenoxy) is 1. The zero-order valence-electron chi connectivity index (χ0n) is 11.3. The molecule has 1 heterocycles. The Bertz CT molecular complexity index is 536. The Morgan fingerprint density at radius 3 is 2.95 bits per heavy atom. The molecule has 2 rings (SSSR count). The smallest absolute Gasteiger partial charge is 0.257 e. The summed E-state index contributed by atoms with van der Waals surface area (Å²) >= 11 is 11.0. The summed E-state index contributed by atoms with van der Waals surface area (Å²) in [5.41, 5.74) is 6.17. The maximum absolute atomic E-state index is 12.6. The van der Waals surface area contributed by atoms with Crippen molar-refractivity contribution < 1.29 is 9.53 Å². The number of thiocarbonyl (C=S) groups is 1. The summed E-state index contributed by atoms with van der Waals surface area (Å²) < 4.78 is 5.23. The van der Waals surface area contributed by atoms with Gasteiger partial charge < -0.3 is 15.4 Å². The second-order valence-electron chi connectivity index (χ2n) is 4.84. The van der Waals surface area contributed by atoms with Crippen molar-refractivity contribution in [2.75, 3.05) is 20.2 Å². The van der Waals surface area contributed by atoms with Gasteiger partial charge in [-0.05, 0) is 31.0 Å². The molecule has 0 saturated carbocycles. The molecule has 1 amide bonds. The number of carbonyl (C=O) groups is 1. The molecule has 0 spiro atoms. The number of nitrogens with two attached hydrogens (primary N) is 1. The highest BCUT2D eigenvalue weighted by atomic mass is 35.5. The summed E-state index contributed by atoms with van der Waals surface area (Å²) in [4.78, 5) is 14.8. The largest absolute Gasteiger partial charge is 0.496 e. The number of rotatable bonds is 3. The van der Waals surface area contributed by atoms with E-state index in [1.165, 1.54) is 7.11 Å². The fourth-order valence-electron chi connectivity index (χ4n) is 2.41. The first-order valence-electron chi connectivity index (χ1n) is 6.45. The maximum atomic E-state index is 12.6. The number of hydrogen-bond acceptors (Lipinski definition) is 3. The van der Waals surface area contributed by atoms with E-state index in [-0.39, 0.29) is 11.8 Å². The van der Waals surface area contributed by atoms with Crippen molar-refractivity contribution in [3.8, 4) is 5.75 Å². The Labute approximate surface area is 128 Å². The van der Waals surface area contributed by atoms with E-state index in [2.05, 4.69) is 0 Å². The normalized spacial score (nSPS) is 18.7. The van der Waals surface area contributed by atoms with Crippen LogP contribution in [-0.4, -0.2) is 36.0 Å². The number of nitrogens with zero attached hydrogens (tertiary/aromatic N) is 1. The summed E-state index contributed by atoms with van der Waals surface area (Å²) in [7, 11) is 1.54. The lowest BCUT2D eigenvalue weighted by Crippen LogP contribution is -2.43. The SMILES string of the molecule is COc1ccc(Cl)cc1C(=O)N1CCCC(C(N)=S)C1. The van der Waals surface area contributed by atoms with E-state index < -0.39 is 0 Å². The Morgan fingerprint density at radius 2 is 2.30 bits per heavy atom. The first-order chi connectivity index (χ1) is 9.52. The van der Waals surface area contributed by atoms with Gasteiger partial charge in [-0.2, -0.15) is 0 Å². The van der Waals surface area contributed by atoms with Gasteiger partial charge in [0.05, 0.1) is 17.7 Å². The van der Waals surface area contributed by atoms with E-state index in [9.17, 15) is 4.79 Å². The average Bonchev–Trinajstić information content (AvgIpc) is 2.46. The van der Waals surface area contributed by atoms with Gasteiger partial charge in [-0.25, -0.2) is 0 Å². The lowest BCUT2D eigenvalue weighted by Gasteiger charge is -2.32. The van der Waals surface area contributed by atoms with Crippen molar-refractivity contribution in [3.63, 3.8) is 0 Å². The van der Waals surface area contributed by atoms with Gasteiger partial charge in [0.15, 0.2) is 0 Å². The molecular formula is C14H17ClN2O2S. The van der Waals surface area contributed by atoms with Gasteiger partial charge in [0.2, 0.25) is 0 Å². The van der Waals surface area contributed by atoms with Crippen LogP contribution >= 0.6 is 23.8 Å². The van der Waals surface area contributed by atoms with Gasteiger partial charge in [-0.15, -0.1) is 0 Å². The summed E-state index contributed by atoms with van der Waals surface area (Å²) in [6.45, 7) is 1.26. The second-order valence-corrected chi connectivity index (χ2v) is 5.75. The number of likely N-dealkylation sites (tertiary alicyclic amines) is 1. The van der Waals surface area contributed by atoms with Gasteiger partial charge >= 0.3 is 0 Å². The number of benzene rings is 1. The van der Waals surface area contributed by atoms with E-state index in [0.717, 1.165) is 12.8 Å². The van der Waals surface area contributed by atoms with Crippen LogP contribution in [0.4, 0.5) is 0 Å². The summed E-state index contributed by atoms with van der Waals surface area (Å²) in [6, 6.07) is 5.03. The molecule has 1 aliphatic rings. The molecule has 4 nitrogen and oxygen atoms in total. The first-order valence-corrected chi connectivity index (χ1v) is 7.23. The van der Waals surface area contributed by atoms with Gasteiger partial charge in [-0.1, -0.05) is 23.8 Å². The monoisotopic (exact) mass is 312 g/mol. The third-order valence-electron chi connectivity index (χ3n) is 3.50. The molecule has 108 valence electrons. The van der Waals surface area contributed by atoms with Crippen molar-refractivity contribution >= 4 is 34.7 Å². The van der Waals surface area contributed by atoms with Crippen LogP contribution in [0.15, 0.2) is 18.2 Å². The molecule has 1 saturated heterocycles. The molecule has 20 heavy (non-hydrogen) atoms. The Hall–Kier alpha value is -1.33. The molecule has 0 aromatic heterocycles. The molecule has 6 heteroatoms. The van der Waals surface area contributed by atoms with E-state index in [1.807, 2.05) is 0 Å². The minimum Gasteiger partial charge on any atom is -0.496 e. The van der Waals surface area contributed by atoms with Gasteiger partial charge in [-0.3, -0.25) is 4.79 Å². The summed E-state index contributed by atoms with van der Waals surface area (Å²) in [5.74, 6) is 0.523. The molecule has 0 aliphatic carbocycles. The lowest BCUT2D eigenvalue weighted by atomic mass is 9.97. The predicted octanol–water partition coefficient (Wildman–Crippen LogP) is 2.49. The molecule has 1 atom stereocenters. The molecule has 1 fully saturated rings. The van der Waals surface area contributed by atoms with Crippen LogP contribution in [0.3, 0.4) is 0 Å². The molecule has 1 unspecified atom stereocenters. The zero-order chi connectivity index (χ0) is 14.7. The van der Waals surface area contributed by atoms with E-state index >= 15 is 0 Å². The van der Waals surface area contributed by atoms with E-state index in [4.69, 9.17) is 34.3 Å². The van der Waals surface area contributed by atoms with Gasteiger partial charge in [0, 0.05) is 24.0 Å². The third-order valence-corrected chi connectivity index (χ3v) is 4.07. The highest BCUT2D eigenvalue weighted by molar-refractivity contribution is 7.80. The van der Waals surface area contributed by atoms with Crippen LogP contribution in [0.5, 0.6) is 5.75 Å². The molecule has 1 aromatic rings. The van der Waals surface area contributed by atoms with Gasteiger partial charge in [0.1, 0.15) is 5.75 Å². The predicted molar refractivity (Wildman–Crippen MR) is 83.4 cm³/mol. The van der Waals surface area contributed by atoms with Crippen molar-refractivity contribution in [1.29, 1.82) is 0 Å². The Morgan fingerprint density at radius 1 is 1.55 bits per heavy atom. The highest BCUT2D eigenvalue weighted by Gasteiger charge is 2.27. The van der Waals surface area contributed by atoms with Crippen LogP contribution < -0.4 is 10.5 Å². The molecule has 0 radical (unpaired) electrons. The maximum Gasteiger partial charge on any atom is 0.257 e. The van der Waals surface area contributed by atoms with Crippen LogP contribution in [0.2, 0.25) is 5.02 Å². The Kier molecular flexibility index (Phi) is 4.83. The average molecular weight is 313 g/mol. The van der Waals surface area contributed by atoms with Crippen molar-refractivity contribution in [2.45, 2.75) is 12.8 Å². The van der Waals surface area contributed by atoms with Crippen LogP contribution in [0, 0.1) is 5.92 Å². The molecule has 1 aliphatic heterocycles. The second kappa shape index (κ2) is 6.41. The van der Waals surface area contributed by atoms with Crippen molar-refractivity contribution in [3.05, 3.63) is 28.8 Å². The molecule has 2 N–H and O–H groups in total. The minimum absolute atomic E-state index is 0.0906. The topological polar surface area (TPSA) is 55.6 Å². The zero-order valence-corrected chi connectivity index (χ0v) is 12.8. The summed E-state index contributed by atoms with van der Waals surface area (Å²) in [6.07, 6.45) is 1.84. The van der Waals surface area contributed by atoms with Crippen LogP contribution in [0.1, 0.15) is 23.2 Å². The fourth-order valence-corrected chi connectivity index (χ4v) is 2.78. The lowest BCUT2D eigenvalue weighted by molar-refractivity contribution is 0.0700. The molecule has 0 bridgehead atoms. The van der Waals surface area contributed by atoms with E-state index in [1.54, 1.807) is 23.1 Å². The number of carbonyl (C=O) groups excluding carboxylic acids is 1. The number of hydrogen-bond donors (Lipinski definition) is 1. The third kappa shape index (κ3) is 3.22. The van der Waals surface area contributed by atoms with Crippen LogP contribution in [0.25, 0.3) is 0 Å². The standard InChI is InChI=1S/C14H17ClN2O2S/c1-19-12-5-4-10(15)7-11(12)14(18)17-6-2-3-9(8-17)13(16)20/h4-5,7,9H,2-3,6,8H2,1H3,(H2,16,20). The quantitative estimate of drug-likeness (QED) is 0.871. The van der Waals surface area contributed by atoms with Crippen LogP contribution in [-0.2, 0) is 0 Å². The van der Waals surface area contributed by atoms with Gasteiger partial charge in [0.25, 0.3) is 5.91 Å². The van der Waals surface area contributed by atoms with E-state index in [0.29, 0.717) is 34.4 Å². The number of halogens is 1. The molecular weight excluding hydrogens is 296 g/mol. The number of methoxy groups -OCH3 is 1. The summed E-state index contributed by atoms with van der Waals surface area (Å²) in [5, 5.41) is 0.511. The highest BCUT2D eigenvalue weighted by Crippen LogP contribution is 2.26. The Balaban J connectivity index is 2.22. The van der Waals surface area contributed by atoms with Crippen molar-refractivity contribution in [1.82, 2.24) is 4.90 Å². The number of piperidine rings is 1. The molecule has 1 aromatic carbocycles. The minimum atomic E-state index is -0.0923.